The molecule has 4 N–H and O–H groups in total. The Bertz CT molecular complexity index is 437. The minimum atomic E-state index is 0.174. The lowest BCUT2D eigenvalue weighted by Crippen LogP contribution is -2.27. The monoisotopic (exact) mass is 150 g/mol. The Labute approximate surface area is 61.2 Å². The van der Waals surface area contributed by atoms with Gasteiger partial charge in [0.25, 0.3) is 0 Å². The number of aromatic nitrogens is 4. The minimum Gasteiger partial charge on any atom is -0.340 e. The van der Waals surface area contributed by atoms with Gasteiger partial charge < -0.3 is 10.8 Å². The van der Waals surface area contributed by atoms with Gasteiger partial charge in [0.1, 0.15) is 11.8 Å². The Morgan fingerprint density at radius 2 is 2.36 bits per heavy atom. The first-order valence-electron chi connectivity index (χ1n) is 2.99. The molecular weight excluding hydrogens is 144 g/mol. The van der Waals surface area contributed by atoms with Crippen LogP contribution in [0.5, 0.6) is 0 Å². The van der Waals surface area contributed by atoms with E-state index in [-0.39, 0.29) is 5.49 Å². The fourth-order valence-electron chi connectivity index (χ4n) is 0.863. The third kappa shape index (κ3) is 0.689. The zero-order valence-corrected chi connectivity index (χ0v) is 5.57. The first kappa shape index (κ1) is 5.90. The second kappa shape index (κ2) is 1.82. The van der Waals surface area contributed by atoms with Gasteiger partial charge in [0, 0.05) is 0 Å². The SMILES string of the molecule is N=c1c2[nH]cnc2ncn1N. The van der Waals surface area contributed by atoms with Crippen LogP contribution in [0.1, 0.15) is 0 Å². The van der Waals surface area contributed by atoms with Crippen LogP contribution in [-0.4, -0.2) is 19.6 Å². The topological polar surface area (TPSA) is 96.4 Å². The van der Waals surface area contributed by atoms with Crippen LogP contribution in [0.3, 0.4) is 0 Å². The van der Waals surface area contributed by atoms with Crippen LogP contribution in [0.4, 0.5) is 0 Å². The Kier molecular flexibility index (Phi) is 0.974. The van der Waals surface area contributed by atoms with Gasteiger partial charge in [0.2, 0.25) is 0 Å². The molecule has 0 amide bonds. The summed E-state index contributed by atoms with van der Waals surface area (Å²) >= 11 is 0. The van der Waals surface area contributed by atoms with Crippen molar-refractivity contribution < 1.29 is 0 Å². The van der Waals surface area contributed by atoms with Gasteiger partial charge in [0.05, 0.1) is 6.33 Å². The van der Waals surface area contributed by atoms with Gasteiger partial charge in [-0.25, -0.2) is 14.6 Å². The molecular formula is C5H6N6. The first-order chi connectivity index (χ1) is 5.29. The molecule has 6 nitrogen and oxygen atoms in total. The van der Waals surface area contributed by atoms with E-state index in [4.69, 9.17) is 11.3 Å². The van der Waals surface area contributed by atoms with Gasteiger partial charge in [0.15, 0.2) is 11.1 Å². The third-order valence-electron chi connectivity index (χ3n) is 1.42. The summed E-state index contributed by atoms with van der Waals surface area (Å²) in [6, 6.07) is 0. The van der Waals surface area contributed by atoms with E-state index < -0.39 is 0 Å². The quantitative estimate of drug-likeness (QED) is 0.418. The Balaban J connectivity index is 3.05. The van der Waals surface area contributed by atoms with E-state index in [1.807, 2.05) is 0 Å². The predicted molar refractivity (Wildman–Crippen MR) is 37.9 cm³/mol. The number of aromatic amines is 1. The van der Waals surface area contributed by atoms with Crippen LogP contribution in [0.2, 0.25) is 0 Å². The molecule has 0 saturated carbocycles. The van der Waals surface area contributed by atoms with E-state index in [9.17, 15) is 0 Å². The smallest absolute Gasteiger partial charge is 0.182 e. The van der Waals surface area contributed by atoms with Crippen molar-refractivity contribution >= 4 is 11.2 Å². The fraction of sp³-hybridized carbons (Fsp3) is 0. The van der Waals surface area contributed by atoms with E-state index in [0.29, 0.717) is 11.2 Å². The van der Waals surface area contributed by atoms with Gasteiger partial charge in [-0.3, -0.25) is 5.41 Å². The minimum absolute atomic E-state index is 0.174. The van der Waals surface area contributed by atoms with Crippen molar-refractivity contribution in [3.05, 3.63) is 18.1 Å². The number of hydrogen-bond acceptors (Lipinski definition) is 4. The van der Waals surface area contributed by atoms with Crippen molar-refractivity contribution in [2.75, 3.05) is 5.84 Å². The van der Waals surface area contributed by atoms with E-state index in [0.717, 1.165) is 4.68 Å². The molecule has 0 radical (unpaired) electrons. The number of imidazole rings is 1. The maximum Gasteiger partial charge on any atom is 0.182 e. The Morgan fingerprint density at radius 1 is 1.55 bits per heavy atom. The van der Waals surface area contributed by atoms with Crippen LogP contribution >= 0.6 is 0 Å². The number of nitrogen functional groups attached to an aromatic ring is 1. The lowest BCUT2D eigenvalue weighted by molar-refractivity contribution is 0.862. The van der Waals surface area contributed by atoms with Crippen LogP contribution < -0.4 is 11.3 Å². The molecule has 0 saturated heterocycles. The van der Waals surface area contributed by atoms with E-state index in [1.54, 1.807) is 0 Å². The molecule has 0 atom stereocenters. The third-order valence-corrected chi connectivity index (χ3v) is 1.42. The molecule has 0 unspecified atom stereocenters. The van der Waals surface area contributed by atoms with Crippen molar-refractivity contribution in [1.29, 1.82) is 5.41 Å². The summed E-state index contributed by atoms with van der Waals surface area (Å²) < 4.78 is 1.13. The summed E-state index contributed by atoms with van der Waals surface area (Å²) in [6.07, 6.45) is 2.83. The zero-order chi connectivity index (χ0) is 7.84. The summed E-state index contributed by atoms with van der Waals surface area (Å²) in [5, 5.41) is 7.43. The molecule has 2 rings (SSSR count). The van der Waals surface area contributed by atoms with E-state index in [1.165, 1.54) is 12.7 Å². The summed E-state index contributed by atoms with van der Waals surface area (Å²) in [7, 11) is 0. The molecule has 0 aliphatic heterocycles. The molecule has 6 heteroatoms. The number of hydrogen-bond donors (Lipinski definition) is 3. The summed E-state index contributed by atoms with van der Waals surface area (Å²) in [6.45, 7) is 0. The maximum absolute atomic E-state index is 7.43. The lowest BCUT2D eigenvalue weighted by atomic mass is 10.5. The maximum atomic E-state index is 7.43. The number of fused-ring (bicyclic) bond motifs is 1. The van der Waals surface area contributed by atoms with Gasteiger partial charge >= 0.3 is 0 Å². The average molecular weight is 150 g/mol. The molecule has 0 spiro atoms. The van der Waals surface area contributed by atoms with Crippen LogP contribution in [0.25, 0.3) is 11.2 Å². The highest BCUT2D eigenvalue weighted by molar-refractivity contribution is 5.67. The molecule has 0 fully saturated rings. The van der Waals surface area contributed by atoms with E-state index in [2.05, 4.69) is 15.0 Å². The average Bonchev–Trinajstić information content (AvgIpc) is 2.45. The molecule has 56 valence electrons. The van der Waals surface area contributed by atoms with Gasteiger partial charge in [-0.15, -0.1) is 0 Å². The predicted octanol–water partition coefficient (Wildman–Crippen LogP) is -1.05. The molecule has 0 aromatic carbocycles. The number of nitrogens with two attached hydrogens (primary N) is 1. The van der Waals surface area contributed by atoms with Crippen molar-refractivity contribution in [2.45, 2.75) is 0 Å². The largest absolute Gasteiger partial charge is 0.340 e. The van der Waals surface area contributed by atoms with Crippen molar-refractivity contribution in [2.24, 2.45) is 0 Å². The Morgan fingerprint density at radius 3 is 3.18 bits per heavy atom. The molecule has 2 aromatic heterocycles. The second-order valence-corrected chi connectivity index (χ2v) is 2.10. The molecule has 2 aromatic rings. The molecule has 0 bridgehead atoms. The number of nitrogens with one attached hydrogen (secondary N) is 2. The van der Waals surface area contributed by atoms with Gasteiger partial charge in [-0.05, 0) is 0 Å². The number of rotatable bonds is 0. The second-order valence-electron chi connectivity index (χ2n) is 2.10. The van der Waals surface area contributed by atoms with Crippen molar-refractivity contribution in [1.82, 2.24) is 19.6 Å². The number of H-pyrrole nitrogens is 1. The van der Waals surface area contributed by atoms with Crippen LogP contribution in [-0.2, 0) is 0 Å². The normalized spacial score (nSPS) is 10.5. The van der Waals surface area contributed by atoms with Gasteiger partial charge in [-0.2, -0.15) is 0 Å². The first-order valence-corrected chi connectivity index (χ1v) is 2.99. The molecule has 11 heavy (non-hydrogen) atoms. The molecule has 0 aliphatic carbocycles. The number of nitrogens with zero attached hydrogens (tertiary/aromatic N) is 3. The highest BCUT2D eigenvalue weighted by Gasteiger charge is 1.98. The summed E-state index contributed by atoms with van der Waals surface area (Å²) in [5.74, 6) is 5.36. The summed E-state index contributed by atoms with van der Waals surface area (Å²) in [4.78, 5) is 10.5. The standard InChI is InChI=1S/C5H6N6/c6-4-3-5(9-1-8-3)10-2-11(4)7/h1-2,6H,7H2,(H,8,9). The zero-order valence-electron chi connectivity index (χ0n) is 5.57. The molecule has 2 heterocycles. The van der Waals surface area contributed by atoms with Crippen molar-refractivity contribution in [3.8, 4) is 0 Å². The van der Waals surface area contributed by atoms with Crippen LogP contribution in [0.15, 0.2) is 12.7 Å². The highest BCUT2D eigenvalue weighted by Crippen LogP contribution is 1.94. The Hall–Kier alpha value is -1.85. The highest BCUT2D eigenvalue weighted by atomic mass is 15.3. The summed E-state index contributed by atoms with van der Waals surface area (Å²) in [5.41, 5.74) is 1.24. The fourth-order valence-corrected chi connectivity index (χ4v) is 0.863. The van der Waals surface area contributed by atoms with Crippen LogP contribution in [0, 0.1) is 5.41 Å². The lowest BCUT2D eigenvalue weighted by Gasteiger charge is -1.95. The van der Waals surface area contributed by atoms with Gasteiger partial charge in [-0.1, -0.05) is 0 Å². The molecule has 0 aliphatic rings. The van der Waals surface area contributed by atoms with E-state index >= 15 is 0 Å². The van der Waals surface area contributed by atoms with Crippen molar-refractivity contribution in [3.63, 3.8) is 0 Å².